The molecular formula is C20H25N3O2. The monoisotopic (exact) mass is 339 g/mol. The number of fused-ring (bicyclic) bond motifs is 7. The van der Waals surface area contributed by atoms with E-state index < -0.39 is 0 Å². The largest absolute Gasteiger partial charge is 0.299 e. The van der Waals surface area contributed by atoms with Gasteiger partial charge in [-0.2, -0.15) is 0 Å². The van der Waals surface area contributed by atoms with Crippen LogP contribution in [0.3, 0.4) is 0 Å². The van der Waals surface area contributed by atoms with E-state index in [0.29, 0.717) is 35.2 Å². The highest BCUT2D eigenvalue weighted by molar-refractivity contribution is 6.01. The molecule has 7 atom stereocenters. The second kappa shape index (κ2) is 4.76. The van der Waals surface area contributed by atoms with Crippen molar-refractivity contribution in [1.29, 1.82) is 0 Å². The summed E-state index contributed by atoms with van der Waals surface area (Å²) < 4.78 is 0. The van der Waals surface area contributed by atoms with Crippen molar-refractivity contribution in [3.8, 4) is 0 Å². The number of rotatable bonds is 1. The first kappa shape index (κ1) is 15.6. The zero-order chi connectivity index (χ0) is 17.6. The Hall–Kier alpha value is -1.61. The van der Waals surface area contributed by atoms with E-state index in [2.05, 4.69) is 23.9 Å². The van der Waals surface area contributed by atoms with E-state index in [1.54, 1.807) is 0 Å². The van der Waals surface area contributed by atoms with E-state index in [1.165, 1.54) is 0 Å². The normalized spacial score (nSPS) is 50.4. The third-order valence-electron chi connectivity index (χ3n) is 8.86. The maximum absolute atomic E-state index is 12.6. The van der Waals surface area contributed by atoms with Crippen molar-refractivity contribution in [3.63, 3.8) is 0 Å². The number of carbonyl (C=O) groups is 2. The Morgan fingerprint density at radius 1 is 1.08 bits per heavy atom. The van der Waals surface area contributed by atoms with Crippen molar-refractivity contribution in [3.05, 3.63) is 21.7 Å². The maximum atomic E-state index is 12.6. The molecule has 0 N–H and O–H groups in total. The van der Waals surface area contributed by atoms with E-state index in [9.17, 15) is 9.59 Å². The Kier molecular flexibility index (Phi) is 2.98. The van der Waals surface area contributed by atoms with E-state index in [4.69, 9.17) is 5.53 Å². The van der Waals surface area contributed by atoms with Crippen molar-refractivity contribution in [2.45, 2.75) is 58.8 Å². The molecule has 25 heavy (non-hydrogen) atoms. The van der Waals surface area contributed by atoms with E-state index in [1.807, 2.05) is 0 Å². The Balaban J connectivity index is 1.60. The van der Waals surface area contributed by atoms with Crippen LogP contribution in [-0.2, 0) is 9.59 Å². The average molecular weight is 339 g/mol. The second-order valence-corrected chi connectivity index (χ2v) is 9.45. The van der Waals surface area contributed by atoms with Crippen LogP contribution >= 0.6 is 0 Å². The molecule has 5 aliphatic carbocycles. The molecule has 5 rings (SSSR count). The number of Topliss-reactive ketones (excluding diaryl/α,β-unsaturated/α-hetero) is 2. The quantitative estimate of drug-likeness (QED) is 0.398. The third kappa shape index (κ3) is 1.73. The lowest BCUT2D eigenvalue weighted by molar-refractivity contribution is -0.133. The van der Waals surface area contributed by atoms with Gasteiger partial charge in [-0.25, -0.2) is 0 Å². The molecule has 0 heterocycles. The highest BCUT2D eigenvalue weighted by atomic mass is 16.1. The standard InChI is InChI=1S/C20H25N3O2/c1-19-8-7-13-10(12(19)5-6-16(19)24)3-4-14-17(22-23-21)18(25)11-9-15(11)20(13,14)2/h10-13,15H,3-9H2,1-2H3/t10-,11-,12-,13-,15?,19-,20+/m0/s1. The summed E-state index contributed by atoms with van der Waals surface area (Å²) in [6.07, 6.45) is 6.71. The molecule has 0 aliphatic heterocycles. The molecule has 0 amide bonds. The Labute approximate surface area is 147 Å². The summed E-state index contributed by atoms with van der Waals surface area (Å²) in [4.78, 5) is 28.1. The van der Waals surface area contributed by atoms with E-state index in [0.717, 1.165) is 50.5 Å². The summed E-state index contributed by atoms with van der Waals surface area (Å²) in [6, 6.07) is 0. The molecule has 1 unspecified atom stereocenters. The molecular weight excluding hydrogens is 314 g/mol. The van der Waals surface area contributed by atoms with Crippen LogP contribution in [0.4, 0.5) is 0 Å². The highest BCUT2D eigenvalue weighted by Crippen LogP contribution is 2.71. The molecule has 0 aromatic rings. The summed E-state index contributed by atoms with van der Waals surface area (Å²) in [7, 11) is 0. The number of hydrogen-bond acceptors (Lipinski definition) is 3. The lowest BCUT2D eigenvalue weighted by Crippen LogP contribution is -2.52. The molecule has 0 bridgehead atoms. The van der Waals surface area contributed by atoms with Crippen molar-refractivity contribution in [2.24, 2.45) is 45.5 Å². The molecule has 0 aromatic carbocycles. The third-order valence-corrected chi connectivity index (χ3v) is 8.86. The molecule has 4 saturated carbocycles. The molecule has 4 fully saturated rings. The first-order chi connectivity index (χ1) is 11.9. The van der Waals surface area contributed by atoms with Crippen LogP contribution in [0.1, 0.15) is 58.8 Å². The number of ketones is 2. The van der Waals surface area contributed by atoms with Gasteiger partial charge in [0.1, 0.15) is 5.78 Å². The first-order valence-corrected chi connectivity index (χ1v) is 9.79. The lowest BCUT2D eigenvalue weighted by atomic mass is 9.47. The lowest BCUT2D eigenvalue weighted by Gasteiger charge is -2.57. The predicted molar refractivity (Wildman–Crippen MR) is 92.2 cm³/mol. The van der Waals surface area contributed by atoms with Crippen molar-refractivity contribution in [1.82, 2.24) is 0 Å². The predicted octanol–water partition coefficient (Wildman–Crippen LogP) is 4.58. The minimum absolute atomic E-state index is 0.00200. The summed E-state index contributed by atoms with van der Waals surface area (Å²) in [6.45, 7) is 4.54. The fraction of sp³-hybridized carbons (Fsp3) is 0.800. The second-order valence-electron chi connectivity index (χ2n) is 9.45. The minimum atomic E-state index is -0.111. The molecule has 5 heteroatoms. The first-order valence-electron chi connectivity index (χ1n) is 9.79. The molecule has 0 radical (unpaired) electrons. The van der Waals surface area contributed by atoms with Crippen LogP contribution < -0.4 is 0 Å². The van der Waals surface area contributed by atoms with Crippen LogP contribution in [0, 0.1) is 40.4 Å². The average Bonchev–Trinajstić information content (AvgIpc) is 3.34. The van der Waals surface area contributed by atoms with Gasteiger partial charge in [0.15, 0.2) is 5.78 Å². The maximum Gasteiger partial charge on any atom is 0.168 e. The van der Waals surface area contributed by atoms with Gasteiger partial charge in [-0.3, -0.25) is 9.59 Å². The molecule has 5 aliphatic rings. The van der Waals surface area contributed by atoms with Crippen LogP contribution in [0.2, 0.25) is 0 Å². The zero-order valence-electron chi connectivity index (χ0n) is 15.0. The number of carbonyl (C=O) groups excluding carboxylic acids is 2. The van der Waals surface area contributed by atoms with Gasteiger partial charge in [-0.05, 0) is 73.1 Å². The zero-order valence-corrected chi connectivity index (χ0v) is 15.0. The van der Waals surface area contributed by atoms with Gasteiger partial charge in [0.25, 0.3) is 0 Å². The molecule has 0 saturated heterocycles. The highest BCUT2D eigenvalue weighted by Gasteiger charge is 2.67. The van der Waals surface area contributed by atoms with Gasteiger partial charge in [0.05, 0.1) is 5.70 Å². The van der Waals surface area contributed by atoms with Crippen LogP contribution in [-0.4, -0.2) is 11.6 Å². The Morgan fingerprint density at radius 2 is 1.88 bits per heavy atom. The van der Waals surface area contributed by atoms with Gasteiger partial charge in [0, 0.05) is 22.7 Å². The summed E-state index contributed by atoms with van der Waals surface area (Å²) in [5.74, 6) is 2.70. The number of allylic oxidation sites excluding steroid dienone is 1. The van der Waals surface area contributed by atoms with Gasteiger partial charge >= 0.3 is 0 Å². The van der Waals surface area contributed by atoms with Gasteiger partial charge in [-0.15, -0.1) is 0 Å². The topological polar surface area (TPSA) is 82.9 Å². The Morgan fingerprint density at radius 3 is 2.64 bits per heavy atom. The fourth-order valence-corrected chi connectivity index (χ4v) is 7.51. The van der Waals surface area contributed by atoms with Crippen LogP contribution in [0.25, 0.3) is 10.4 Å². The van der Waals surface area contributed by atoms with Gasteiger partial charge in [0.2, 0.25) is 0 Å². The fourth-order valence-electron chi connectivity index (χ4n) is 7.51. The van der Waals surface area contributed by atoms with Crippen molar-refractivity contribution in [2.75, 3.05) is 0 Å². The summed E-state index contributed by atoms with van der Waals surface area (Å²) in [5.41, 5.74) is 10.4. The molecule has 5 nitrogen and oxygen atoms in total. The van der Waals surface area contributed by atoms with E-state index in [-0.39, 0.29) is 22.5 Å². The smallest absolute Gasteiger partial charge is 0.168 e. The number of azide groups is 1. The SMILES string of the molecule is C[C@]12CC[C@H]3[C@@H](CCC4=C(N=[N+]=[N-])C(=O)[C@H]5CC5[C@@]43C)[C@@H]1CCC2=O. The van der Waals surface area contributed by atoms with Crippen LogP contribution in [0.5, 0.6) is 0 Å². The minimum Gasteiger partial charge on any atom is -0.299 e. The van der Waals surface area contributed by atoms with Gasteiger partial charge in [-0.1, -0.05) is 24.5 Å². The summed E-state index contributed by atoms with van der Waals surface area (Å²) >= 11 is 0. The molecule has 0 aromatic heterocycles. The van der Waals surface area contributed by atoms with Crippen LogP contribution in [0.15, 0.2) is 16.4 Å². The molecule has 132 valence electrons. The Bertz CT molecular complexity index is 780. The number of nitrogens with zero attached hydrogens (tertiary/aromatic N) is 3. The number of hydrogen-bond donors (Lipinski definition) is 0. The molecule has 0 spiro atoms. The van der Waals surface area contributed by atoms with Crippen molar-refractivity contribution >= 4 is 11.6 Å². The van der Waals surface area contributed by atoms with E-state index >= 15 is 0 Å². The van der Waals surface area contributed by atoms with Crippen molar-refractivity contribution < 1.29 is 9.59 Å². The summed E-state index contributed by atoms with van der Waals surface area (Å²) in [5, 5.41) is 3.86. The van der Waals surface area contributed by atoms with Gasteiger partial charge < -0.3 is 0 Å².